The van der Waals surface area contributed by atoms with Gasteiger partial charge in [0, 0.05) is 32.2 Å². The number of ether oxygens (including phenoxy) is 3. The lowest BCUT2D eigenvalue weighted by atomic mass is 9.94. The Morgan fingerprint density at radius 3 is 2.71 bits per heavy atom. The minimum atomic E-state index is -0.869. The van der Waals surface area contributed by atoms with Gasteiger partial charge in [-0.15, -0.1) is 0 Å². The highest BCUT2D eigenvalue weighted by Gasteiger charge is 2.46. The molecule has 2 aromatic rings. The molecule has 1 fully saturated rings. The van der Waals surface area contributed by atoms with Gasteiger partial charge in [-0.25, -0.2) is 0 Å². The molecule has 2 aliphatic rings. The molecule has 2 heterocycles. The summed E-state index contributed by atoms with van der Waals surface area (Å²) in [4.78, 5) is 27.6. The number of phenols is 1. The Morgan fingerprint density at radius 2 is 2.00 bits per heavy atom. The SMILES string of the molecule is COCCCN1C(=O)C(=O)C(=C(O)c2ccc3c(c2)C[C@@H](C)O3)[C@H]1c1cc(Br)c(O)c(OC)c1. The van der Waals surface area contributed by atoms with Crippen molar-refractivity contribution in [3.63, 3.8) is 0 Å². The summed E-state index contributed by atoms with van der Waals surface area (Å²) < 4.78 is 16.5. The number of likely N-dealkylation sites (tertiary alicyclic amines) is 1. The van der Waals surface area contributed by atoms with Gasteiger partial charge >= 0.3 is 0 Å². The standard InChI is InChI=1S/C25H26BrNO7/c1-13-9-15-10-14(5-6-18(15)34-13)22(28)20-21(16-11-17(26)23(29)19(12-16)33-3)27(7-4-8-32-2)25(31)24(20)30/h5-6,10-13,21,28-29H,4,7-9H2,1-3H3/t13-,21-/m1/s1. The van der Waals surface area contributed by atoms with E-state index in [0.29, 0.717) is 35.0 Å². The van der Waals surface area contributed by atoms with E-state index in [1.807, 2.05) is 6.92 Å². The fourth-order valence-corrected chi connectivity index (χ4v) is 4.93. The third-order valence-electron chi connectivity index (χ3n) is 6.04. The Bertz CT molecular complexity index is 1180. The van der Waals surface area contributed by atoms with Gasteiger partial charge in [0.15, 0.2) is 11.5 Å². The van der Waals surface area contributed by atoms with E-state index in [-0.39, 0.29) is 35.5 Å². The van der Waals surface area contributed by atoms with E-state index in [1.165, 1.54) is 12.0 Å². The van der Waals surface area contributed by atoms with Crippen LogP contribution >= 0.6 is 15.9 Å². The molecule has 0 radical (unpaired) electrons. The monoisotopic (exact) mass is 531 g/mol. The summed E-state index contributed by atoms with van der Waals surface area (Å²) in [5.41, 5.74) is 1.85. The van der Waals surface area contributed by atoms with Crippen LogP contribution in [0, 0.1) is 0 Å². The molecule has 1 saturated heterocycles. The second-order valence-electron chi connectivity index (χ2n) is 8.35. The molecule has 0 unspecified atom stereocenters. The van der Waals surface area contributed by atoms with Crippen LogP contribution in [-0.4, -0.2) is 60.3 Å². The van der Waals surface area contributed by atoms with E-state index in [9.17, 15) is 19.8 Å². The minimum absolute atomic E-state index is 0.0195. The third kappa shape index (κ3) is 4.25. The lowest BCUT2D eigenvalue weighted by molar-refractivity contribution is -0.140. The lowest BCUT2D eigenvalue weighted by Gasteiger charge is -2.26. The normalized spacial score (nSPS) is 21.0. The maximum Gasteiger partial charge on any atom is 0.295 e. The number of hydrogen-bond donors (Lipinski definition) is 2. The predicted molar refractivity (Wildman–Crippen MR) is 128 cm³/mol. The van der Waals surface area contributed by atoms with E-state index in [2.05, 4.69) is 15.9 Å². The number of nitrogens with zero attached hydrogens (tertiary/aromatic N) is 1. The van der Waals surface area contributed by atoms with Crippen LogP contribution in [0.5, 0.6) is 17.2 Å². The van der Waals surface area contributed by atoms with E-state index in [0.717, 1.165) is 11.3 Å². The van der Waals surface area contributed by atoms with Crippen molar-refractivity contribution in [3.05, 3.63) is 57.1 Å². The zero-order chi connectivity index (χ0) is 24.6. The van der Waals surface area contributed by atoms with Gasteiger partial charge in [-0.2, -0.15) is 0 Å². The van der Waals surface area contributed by atoms with Crippen molar-refractivity contribution in [3.8, 4) is 17.2 Å². The average molecular weight is 532 g/mol. The topological polar surface area (TPSA) is 106 Å². The number of aromatic hydroxyl groups is 1. The number of methoxy groups -OCH3 is 2. The molecule has 2 atom stereocenters. The van der Waals surface area contributed by atoms with E-state index in [1.54, 1.807) is 37.4 Å². The number of aliphatic hydroxyl groups excluding tert-OH is 1. The molecule has 0 bridgehead atoms. The fourth-order valence-electron chi connectivity index (χ4n) is 4.47. The Hall–Kier alpha value is -3.04. The molecule has 0 aliphatic carbocycles. The number of ketones is 1. The van der Waals surface area contributed by atoms with Crippen LogP contribution in [0.2, 0.25) is 0 Å². The summed E-state index contributed by atoms with van der Waals surface area (Å²) in [6.45, 7) is 2.61. The summed E-state index contributed by atoms with van der Waals surface area (Å²) in [6.07, 6.45) is 1.22. The molecule has 1 amide bonds. The van der Waals surface area contributed by atoms with Crippen LogP contribution in [0.3, 0.4) is 0 Å². The maximum absolute atomic E-state index is 13.2. The van der Waals surface area contributed by atoms with Crippen LogP contribution in [0.15, 0.2) is 40.4 Å². The van der Waals surface area contributed by atoms with Gasteiger partial charge < -0.3 is 29.3 Å². The second kappa shape index (κ2) is 9.68. The van der Waals surface area contributed by atoms with Crippen molar-refractivity contribution < 1.29 is 34.0 Å². The summed E-state index contributed by atoms with van der Waals surface area (Å²) in [5, 5.41) is 21.6. The predicted octanol–water partition coefficient (Wildman–Crippen LogP) is 3.94. The summed E-state index contributed by atoms with van der Waals surface area (Å²) in [6, 6.07) is 7.53. The number of Topliss-reactive ketones (excluding diaryl/α,β-unsaturated/α-hetero) is 1. The minimum Gasteiger partial charge on any atom is -0.507 e. The molecular weight excluding hydrogens is 506 g/mol. The Labute approximate surface area is 205 Å². The molecule has 4 rings (SSSR count). The van der Waals surface area contributed by atoms with E-state index >= 15 is 0 Å². The van der Waals surface area contributed by atoms with E-state index in [4.69, 9.17) is 14.2 Å². The summed E-state index contributed by atoms with van der Waals surface area (Å²) in [5.74, 6) is -0.918. The van der Waals surface area contributed by atoms with Gasteiger partial charge in [0.1, 0.15) is 17.6 Å². The summed E-state index contributed by atoms with van der Waals surface area (Å²) >= 11 is 3.31. The Balaban J connectivity index is 1.86. The van der Waals surface area contributed by atoms with Gasteiger partial charge in [0.25, 0.3) is 11.7 Å². The number of carbonyl (C=O) groups is 2. The van der Waals surface area contributed by atoms with Gasteiger partial charge in [-0.05, 0) is 70.7 Å². The van der Waals surface area contributed by atoms with Gasteiger partial charge in [-0.1, -0.05) is 0 Å². The lowest BCUT2D eigenvalue weighted by Crippen LogP contribution is -2.31. The molecule has 0 aromatic heterocycles. The van der Waals surface area contributed by atoms with Crippen molar-refractivity contribution in [1.29, 1.82) is 0 Å². The molecule has 2 aromatic carbocycles. The Kier molecular flexibility index (Phi) is 6.86. The zero-order valence-corrected chi connectivity index (χ0v) is 20.7. The first-order valence-electron chi connectivity index (χ1n) is 10.9. The van der Waals surface area contributed by atoms with E-state index < -0.39 is 17.7 Å². The average Bonchev–Trinajstić information content (AvgIpc) is 3.31. The van der Waals surface area contributed by atoms with Gasteiger partial charge in [0.05, 0.1) is 23.2 Å². The first-order chi connectivity index (χ1) is 16.3. The molecule has 2 N–H and O–H groups in total. The van der Waals surface area contributed by atoms with Gasteiger partial charge in [-0.3, -0.25) is 9.59 Å². The van der Waals surface area contributed by atoms with Crippen molar-refractivity contribution in [2.45, 2.75) is 31.9 Å². The van der Waals surface area contributed by atoms with Crippen molar-refractivity contribution in [1.82, 2.24) is 4.90 Å². The van der Waals surface area contributed by atoms with Crippen LogP contribution < -0.4 is 9.47 Å². The zero-order valence-electron chi connectivity index (χ0n) is 19.1. The summed E-state index contributed by atoms with van der Waals surface area (Å²) in [7, 11) is 2.97. The molecule has 2 aliphatic heterocycles. The number of halogens is 1. The number of phenolic OH excluding ortho intramolecular Hbond substituents is 1. The highest BCUT2D eigenvalue weighted by atomic mass is 79.9. The van der Waals surface area contributed by atoms with Crippen LogP contribution in [0.4, 0.5) is 0 Å². The number of benzene rings is 2. The number of hydrogen-bond acceptors (Lipinski definition) is 7. The van der Waals surface area contributed by atoms with Crippen LogP contribution in [0.1, 0.15) is 36.1 Å². The molecule has 9 heteroatoms. The first-order valence-corrected chi connectivity index (χ1v) is 11.7. The largest absolute Gasteiger partial charge is 0.507 e. The fraction of sp³-hybridized carbons (Fsp3) is 0.360. The van der Waals surface area contributed by atoms with Crippen LogP contribution in [-0.2, 0) is 20.7 Å². The number of fused-ring (bicyclic) bond motifs is 1. The van der Waals surface area contributed by atoms with Crippen molar-refractivity contribution in [2.24, 2.45) is 0 Å². The maximum atomic E-state index is 13.2. The Morgan fingerprint density at radius 1 is 1.24 bits per heavy atom. The number of amides is 1. The number of aliphatic hydroxyl groups is 1. The van der Waals surface area contributed by atoms with Crippen LogP contribution in [0.25, 0.3) is 5.76 Å². The highest BCUT2D eigenvalue weighted by Crippen LogP contribution is 2.44. The molecule has 180 valence electrons. The molecule has 34 heavy (non-hydrogen) atoms. The second-order valence-corrected chi connectivity index (χ2v) is 9.20. The van der Waals surface area contributed by atoms with Crippen molar-refractivity contribution in [2.75, 3.05) is 27.4 Å². The molecule has 0 saturated carbocycles. The number of rotatable bonds is 7. The van der Waals surface area contributed by atoms with Gasteiger partial charge in [0.2, 0.25) is 0 Å². The number of carbonyl (C=O) groups excluding carboxylic acids is 2. The highest BCUT2D eigenvalue weighted by molar-refractivity contribution is 9.10. The van der Waals surface area contributed by atoms with Crippen molar-refractivity contribution >= 4 is 33.4 Å². The first kappa shape index (κ1) is 24.1. The molecule has 8 nitrogen and oxygen atoms in total. The third-order valence-corrected chi connectivity index (χ3v) is 6.65. The molecule has 0 spiro atoms. The molecular formula is C25H26BrNO7. The smallest absolute Gasteiger partial charge is 0.295 e. The quantitative estimate of drug-likeness (QED) is 0.241.